The van der Waals surface area contributed by atoms with Crippen molar-refractivity contribution in [2.75, 3.05) is 85.3 Å². The summed E-state index contributed by atoms with van der Waals surface area (Å²) in [5, 5.41) is 89.1. The van der Waals surface area contributed by atoms with Crippen LogP contribution in [0.15, 0.2) is 60.7 Å². The van der Waals surface area contributed by atoms with Crippen molar-refractivity contribution in [1.82, 2.24) is 35.6 Å². The Bertz CT molecular complexity index is 4430. The standard InChI is InChI=1S/C49H70N4O18.C35H47N3O17S/c1-27(2)34(23-33(54)25-52-32(22-35(46(52)63)53-39(57)12-13-40(53)58)24-50-38(56)14-15-68-18-19-69-17-16-67-7)45(62)51-28(3)36(55)21-29-8-9-31(26-70-48(66)49(4,5)6)30(20-29)10-11-37-41(59)42(60)43(61)44(71-37)47(64)65;1-35(2,3)34(48)53-17-20-8-7-19(14-23(20)54-33-29(44)27(42)28(43)30(55-33)32(46)47)6-4-5-11-36-24(39)16-37-21(18-52-12-13-56(49,50)51)15-22(31(37)45)38-25(40)9-10-26(38)41/h8-9,12-13,20,27-28,32,34-35,37,41-44,59-61H,10-11,14-19,21-26H2,1-7H3,(H,50,56)(H,51,62)(H,64,65);7-10,14,21-22,27-30,33,42-44H,4-6,11-13,15-18H2,1-3H3,(H,36,39)(H,46,47)(H,49,50,51)/t28-,32-,34-,35+,37-,41-,42+,43-,44-;21-,22-,27-,28-,29+,30-,33+/m00/s1. The van der Waals surface area contributed by atoms with Crippen LogP contribution < -0.4 is 20.7 Å². The lowest BCUT2D eigenvalue weighted by atomic mass is 9.89. The van der Waals surface area contributed by atoms with Gasteiger partial charge in [0, 0.05) is 81.7 Å². The molecule has 9 amide bonds. The molecule has 0 unspecified atom stereocenters. The largest absolute Gasteiger partial charge is 0.479 e. The minimum Gasteiger partial charge on any atom is -0.479 e. The van der Waals surface area contributed by atoms with Gasteiger partial charge < -0.3 is 109 Å². The summed E-state index contributed by atoms with van der Waals surface area (Å²) in [6.07, 6.45) is -12.6. The maximum absolute atomic E-state index is 13.8. The van der Waals surface area contributed by atoms with Crippen molar-refractivity contribution in [3.63, 3.8) is 0 Å². The topological polar surface area (TPSA) is 604 Å². The van der Waals surface area contributed by atoms with Gasteiger partial charge >= 0.3 is 23.9 Å². The predicted molar refractivity (Wildman–Crippen MR) is 437 cm³/mol. The molecule has 0 bridgehead atoms. The fraction of sp³-hybridized carbons (Fsp3) is 0.631. The highest BCUT2D eigenvalue weighted by atomic mass is 32.2. The quantitative estimate of drug-likeness (QED) is 0.0146. The number of aliphatic hydroxyl groups is 6. The Morgan fingerprint density at radius 2 is 1.10 bits per heavy atom. The number of nitrogens with zero attached hydrogens (tertiary/aromatic N) is 4. The van der Waals surface area contributed by atoms with Crippen LogP contribution in [0, 0.1) is 22.7 Å². The molecule has 6 aliphatic heterocycles. The number of ether oxygens (including phenoxy) is 9. The molecule has 4 fully saturated rings. The predicted octanol–water partition coefficient (Wildman–Crippen LogP) is -2.14. The first-order valence-electron chi connectivity index (χ1n) is 41.5. The number of amides is 9. The second-order valence-corrected chi connectivity index (χ2v) is 35.5. The lowest BCUT2D eigenvalue weighted by Crippen LogP contribution is -2.61. The SMILES string of the molecule is CC(C)(C)C(=O)OCc1ccc(CCCCNC(=O)CN2C(=O)[C@@H](N3C(=O)C=CC3=O)C[C@H]2COCCS(=O)(=O)O)cc1O[C@@H]1O[C@H](C(=O)O)[C@@H](O)[C@H](O)[C@H]1O.COCCOCCOCCC(=O)NC[C@@H]1C[C@@H](N2C(=O)C=CC2=O)C(=O)N1CC(=O)C[C@H](C(=O)N[C@@H](C)C(=O)Cc1ccc(COC(=O)C(C)(C)C)c(CC[C@@H]2O[C@H](C(=O)O)[C@@H](O)[C@H](O)[C@H]2O)c1)C(C)C. The zero-order valence-electron chi connectivity index (χ0n) is 72.4. The third-order valence-corrected chi connectivity index (χ3v) is 22.3. The van der Waals surface area contributed by atoms with Gasteiger partial charge in [0.15, 0.2) is 23.8 Å². The molecule has 6 aliphatic rings. The number of esters is 2. The maximum Gasteiger partial charge on any atom is 0.335 e. The van der Waals surface area contributed by atoms with Gasteiger partial charge in [-0.05, 0) is 121 Å². The van der Waals surface area contributed by atoms with Crippen molar-refractivity contribution in [3.8, 4) is 5.75 Å². The molecule has 2 aromatic carbocycles. The number of benzene rings is 2. The Hall–Kier alpha value is -10.0. The average Bonchev–Trinajstić information content (AvgIpc) is 1.74. The zero-order chi connectivity index (χ0) is 94.3. The van der Waals surface area contributed by atoms with E-state index in [0.29, 0.717) is 66.9 Å². The smallest absolute Gasteiger partial charge is 0.335 e. The second-order valence-electron chi connectivity index (χ2n) is 33.9. The number of hydrogen-bond acceptors (Lipinski definition) is 32. The first kappa shape index (κ1) is 104. The number of carbonyl (C=O) groups is 15. The van der Waals surface area contributed by atoms with E-state index in [4.69, 9.17) is 47.2 Å². The van der Waals surface area contributed by atoms with Gasteiger partial charge in [-0.25, -0.2) is 9.59 Å². The number of imide groups is 2. The number of methoxy groups -OCH3 is 1. The van der Waals surface area contributed by atoms with Gasteiger partial charge in [0.25, 0.3) is 33.7 Å². The van der Waals surface area contributed by atoms with E-state index >= 15 is 0 Å². The Kier molecular flexibility index (Phi) is 38.8. The number of Topliss-reactive ketones (excluding diaryl/α,β-unsaturated/α-hetero) is 2. The van der Waals surface area contributed by atoms with E-state index < -0.39 is 238 Å². The van der Waals surface area contributed by atoms with Gasteiger partial charge in [-0.3, -0.25) is 76.7 Å². The van der Waals surface area contributed by atoms with Crippen molar-refractivity contribution in [3.05, 3.63) is 88.5 Å². The van der Waals surface area contributed by atoms with Gasteiger partial charge in [-0.2, -0.15) is 8.42 Å². The molecule has 6 heterocycles. The zero-order valence-corrected chi connectivity index (χ0v) is 73.2. The van der Waals surface area contributed by atoms with Crippen molar-refractivity contribution in [2.45, 2.75) is 231 Å². The summed E-state index contributed by atoms with van der Waals surface area (Å²) >= 11 is 0. The number of aliphatic hydroxyl groups excluding tert-OH is 6. The van der Waals surface area contributed by atoms with E-state index in [-0.39, 0.29) is 96.8 Å². The summed E-state index contributed by atoms with van der Waals surface area (Å²) in [6, 6.07) is 4.82. The number of nitrogens with one attached hydrogen (secondary N) is 3. The number of rotatable bonds is 46. The van der Waals surface area contributed by atoms with E-state index in [1.807, 2.05) is 0 Å². The van der Waals surface area contributed by atoms with E-state index in [9.17, 15) is 121 Å². The molecular formula is C84H117N7O35S. The number of aryl methyl sites for hydroxylation is 2. The minimum absolute atomic E-state index is 0.0106. The third-order valence-electron chi connectivity index (χ3n) is 21.7. The number of carboxylic acids is 2. The van der Waals surface area contributed by atoms with Gasteiger partial charge in [-0.15, -0.1) is 0 Å². The van der Waals surface area contributed by atoms with E-state index in [0.717, 1.165) is 39.0 Å². The van der Waals surface area contributed by atoms with Crippen LogP contribution in [-0.4, -0.2) is 339 Å². The van der Waals surface area contributed by atoms with Gasteiger partial charge in [0.1, 0.15) is 67.7 Å². The van der Waals surface area contributed by atoms with E-state index in [1.54, 1.807) is 98.9 Å². The van der Waals surface area contributed by atoms with Crippen LogP contribution >= 0.6 is 0 Å². The summed E-state index contributed by atoms with van der Waals surface area (Å²) in [4.78, 5) is 196. The number of carboxylic acid groups (broad SMARTS) is 2. The van der Waals surface area contributed by atoms with E-state index in [2.05, 4.69) is 16.0 Å². The Morgan fingerprint density at radius 1 is 0.575 bits per heavy atom. The van der Waals surface area contributed by atoms with Gasteiger partial charge in [-0.1, -0.05) is 44.2 Å². The Morgan fingerprint density at radius 3 is 1.66 bits per heavy atom. The highest BCUT2D eigenvalue weighted by molar-refractivity contribution is 7.85. The number of likely N-dealkylation sites (tertiary alicyclic amines) is 2. The van der Waals surface area contributed by atoms with Crippen LogP contribution in [0.3, 0.4) is 0 Å². The fourth-order valence-electron chi connectivity index (χ4n) is 14.3. The number of hydrogen-bond donors (Lipinski definition) is 12. The van der Waals surface area contributed by atoms with Crippen molar-refractivity contribution >= 4 is 98.7 Å². The second kappa shape index (κ2) is 47.3. The molecule has 0 aliphatic carbocycles. The minimum atomic E-state index is -4.31. The molecular weight excluding hydrogens is 1700 g/mol. The van der Waals surface area contributed by atoms with E-state index in [1.165, 1.54) is 11.8 Å². The highest BCUT2D eigenvalue weighted by Crippen LogP contribution is 2.34. The van der Waals surface area contributed by atoms with Crippen LogP contribution in [0.1, 0.15) is 135 Å². The maximum atomic E-state index is 13.8. The molecule has 4 saturated heterocycles. The Balaban J connectivity index is 0.000000358. The van der Waals surface area contributed by atoms with Crippen LogP contribution in [0.4, 0.5) is 0 Å². The molecule has 704 valence electrons. The highest BCUT2D eigenvalue weighted by Gasteiger charge is 2.52. The van der Waals surface area contributed by atoms with Gasteiger partial charge in [0.2, 0.25) is 35.8 Å². The summed E-state index contributed by atoms with van der Waals surface area (Å²) < 4.78 is 79.6. The number of carbonyl (C=O) groups excluding carboxylic acids is 13. The molecule has 16 atom stereocenters. The number of aliphatic carboxylic acids is 2. The first-order valence-corrected chi connectivity index (χ1v) is 43.1. The van der Waals surface area contributed by atoms with Crippen molar-refractivity contribution in [1.29, 1.82) is 0 Å². The molecule has 0 saturated carbocycles. The number of ketones is 2. The normalized spacial score (nSPS) is 24.2. The molecule has 127 heavy (non-hydrogen) atoms. The van der Waals surface area contributed by atoms with Crippen LogP contribution in [0.25, 0.3) is 0 Å². The molecule has 12 N–H and O–H groups in total. The van der Waals surface area contributed by atoms with Crippen molar-refractivity contribution in [2.24, 2.45) is 22.7 Å². The lowest BCUT2D eigenvalue weighted by molar-refractivity contribution is -0.271. The van der Waals surface area contributed by atoms with Crippen LogP contribution in [0.5, 0.6) is 5.75 Å². The molecule has 0 aromatic heterocycles. The summed E-state index contributed by atoms with van der Waals surface area (Å²) in [6.45, 7) is 14.6. The molecule has 43 heteroatoms. The van der Waals surface area contributed by atoms with Crippen molar-refractivity contribution < 1.29 is 168 Å². The molecule has 8 rings (SSSR count). The molecule has 0 spiro atoms. The molecule has 2 aromatic rings. The summed E-state index contributed by atoms with van der Waals surface area (Å²) in [5.74, 6) is -12.7. The fourth-order valence-corrected chi connectivity index (χ4v) is 14.6. The summed E-state index contributed by atoms with van der Waals surface area (Å²) in [5.41, 5.74) is 0.973. The monoisotopic (exact) mass is 1820 g/mol. The molecule has 0 radical (unpaired) electrons. The third kappa shape index (κ3) is 30.0. The lowest BCUT2D eigenvalue weighted by Gasteiger charge is -2.39. The summed E-state index contributed by atoms with van der Waals surface area (Å²) in [7, 11) is -2.76. The first-order chi connectivity index (χ1) is 59.6. The Labute approximate surface area is 732 Å². The van der Waals surface area contributed by atoms with Gasteiger partial charge in [0.05, 0.1) is 100 Å². The number of unbranched alkanes of at least 4 members (excludes halogenated alkanes) is 1. The van der Waals surface area contributed by atoms with Crippen LogP contribution in [0.2, 0.25) is 0 Å². The van der Waals surface area contributed by atoms with Crippen LogP contribution in [-0.2, 0) is 152 Å². The molecule has 42 nitrogen and oxygen atoms in total. The average molecular weight is 1820 g/mol.